The summed E-state index contributed by atoms with van der Waals surface area (Å²) in [6, 6.07) is 14.0. The molecule has 6 heteroatoms. The zero-order chi connectivity index (χ0) is 14.6. The average Bonchev–Trinajstić information content (AvgIpc) is 2.46. The predicted molar refractivity (Wildman–Crippen MR) is 79.8 cm³/mol. The summed E-state index contributed by atoms with van der Waals surface area (Å²) >= 11 is 6.00. The van der Waals surface area contributed by atoms with E-state index in [0.717, 1.165) is 11.1 Å². The first-order chi connectivity index (χ1) is 9.53. The Hall–Kier alpha value is -1.40. The van der Waals surface area contributed by atoms with Crippen LogP contribution in [-0.2, 0) is 23.1 Å². The van der Waals surface area contributed by atoms with Gasteiger partial charge >= 0.3 is 0 Å². The van der Waals surface area contributed by atoms with Crippen molar-refractivity contribution in [1.29, 1.82) is 0 Å². The van der Waals surface area contributed by atoms with E-state index in [-0.39, 0.29) is 16.5 Å². The molecule has 0 aliphatic heterocycles. The number of nitrogens with two attached hydrogens (primary N) is 1. The van der Waals surface area contributed by atoms with Crippen molar-refractivity contribution < 1.29 is 8.42 Å². The lowest BCUT2D eigenvalue weighted by atomic mass is 10.2. The summed E-state index contributed by atoms with van der Waals surface area (Å²) in [6.07, 6.45) is 0. The van der Waals surface area contributed by atoms with Gasteiger partial charge in [0.1, 0.15) is 4.90 Å². The molecule has 2 aromatic carbocycles. The van der Waals surface area contributed by atoms with E-state index in [1.165, 1.54) is 6.07 Å². The number of hydrogen-bond donors (Lipinski definition) is 2. The van der Waals surface area contributed by atoms with Crippen LogP contribution in [0.1, 0.15) is 11.1 Å². The molecule has 0 amide bonds. The van der Waals surface area contributed by atoms with Crippen LogP contribution in [0.15, 0.2) is 53.4 Å². The summed E-state index contributed by atoms with van der Waals surface area (Å²) in [5.74, 6) is 0. The molecule has 2 rings (SSSR count). The fourth-order valence-electron chi connectivity index (χ4n) is 1.74. The maximum Gasteiger partial charge on any atom is 0.242 e. The quantitative estimate of drug-likeness (QED) is 0.890. The van der Waals surface area contributed by atoms with Crippen LogP contribution >= 0.6 is 11.6 Å². The van der Waals surface area contributed by atoms with Gasteiger partial charge in [0.15, 0.2) is 0 Å². The smallest absolute Gasteiger partial charge is 0.242 e. The fourth-order valence-corrected chi connectivity index (χ4v) is 3.32. The molecule has 3 N–H and O–H groups in total. The Morgan fingerprint density at radius 3 is 2.35 bits per heavy atom. The van der Waals surface area contributed by atoms with Gasteiger partial charge in [0.25, 0.3) is 0 Å². The molecule has 20 heavy (non-hydrogen) atoms. The number of rotatable bonds is 5. The molecule has 0 heterocycles. The Morgan fingerprint density at radius 2 is 1.75 bits per heavy atom. The molecule has 2 aromatic rings. The van der Waals surface area contributed by atoms with E-state index in [2.05, 4.69) is 4.72 Å². The molecule has 0 aliphatic carbocycles. The number of benzene rings is 2. The van der Waals surface area contributed by atoms with Crippen LogP contribution < -0.4 is 10.5 Å². The van der Waals surface area contributed by atoms with E-state index in [1.807, 2.05) is 30.3 Å². The van der Waals surface area contributed by atoms with Gasteiger partial charge < -0.3 is 5.73 Å². The highest BCUT2D eigenvalue weighted by molar-refractivity contribution is 7.89. The fraction of sp³-hybridized carbons (Fsp3) is 0.143. The summed E-state index contributed by atoms with van der Waals surface area (Å²) in [4.78, 5) is 0.0623. The van der Waals surface area contributed by atoms with Crippen LogP contribution in [0.3, 0.4) is 0 Å². The summed E-state index contributed by atoms with van der Waals surface area (Å²) in [7, 11) is -3.64. The van der Waals surface area contributed by atoms with Crippen LogP contribution in [0.25, 0.3) is 0 Å². The third kappa shape index (κ3) is 3.58. The zero-order valence-corrected chi connectivity index (χ0v) is 12.3. The lowest BCUT2D eigenvalue weighted by molar-refractivity contribution is 0.581. The van der Waals surface area contributed by atoms with E-state index in [9.17, 15) is 8.42 Å². The number of hydrogen-bond acceptors (Lipinski definition) is 3. The van der Waals surface area contributed by atoms with Crippen molar-refractivity contribution in [3.05, 3.63) is 64.7 Å². The molecule has 0 fully saturated rings. The minimum Gasteiger partial charge on any atom is -0.326 e. The number of sulfonamides is 1. The van der Waals surface area contributed by atoms with E-state index in [4.69, 9.17) is 17.3 Å². The topological polar surface area (TPSA) is 72.2 Å². The van der Waals surface area contributed by atoms with Gasteiger partial charge in [-0.15, -0.1) is 0 Å². The van der Waals surface area contributed by atoms with Gasteiger partial charge in [0.05, 0.1) is 5.02 Å². The molecule has 0 saturated heterocycles. The van der Waals surface area contributed by atoms with Crippen LogP contribution in [-0.4, -0.2) is 8.42 Å². The third-order valence-electron chi connectivity index (χ3n) is 2.83. The zero-order valence-electron chi connectivity index (χ0n) is 10.7. The molecule has 0 bridgehead atoms. The van der Waals surface area contributed by atoms with Gasteiger partial charge in [0, 0.05) is 13.1 Å². The Morgan fingerprint density at radius 1 is 1.05 bits per heavy atom. The third-order valence-corrected chi connectivity index (χ3v) is 4.71. The van der Waals surface area contributed by atoms with Crippen molar-refractivity contribution in [3.8, 4) is 0 Å². The van der Waals surface area contributed by atoms with Crippen molar-refractivity contribution in [2.45, 2.75) is 18.0 Å². The summed E-state index contributed by atoms with van der Waals surface area (Å²) in [5.41, 5.74) is 7.16. The Labute approximate surface area is 123 Å². The monoisotopic (exact) mass is 310 g/mol. The molecular formula is C14H15ClN2O2S. The molecular weight excluding hydrogens is 296 g/mol. The first-order valence-electron chi connectivity index (χ1n) is 6.05. The van der Waals surface area contributed by atoms with Crippen LogP contribution in [0.5, 0.6) is 0 Å². The van der Waals surface area contributed by atoms with Crippen molar-refractivity contribution in [2.24, 2.45) is 5.73 Å². The molecule has 0 atom stereocenters. The van der Waals surface area contributed by atoms with E-state index in [0.29, 0.717) is 6.54 Å². The second kappa shape index (κ2) is 6.37. The lowest BCUT2D eigenvalue weighted by Gasteiger charge is -2.09. The molecule has 106 valence electrons. The van der Waals surface area contributed by atoms with Crippen molar-refractivity contribution in [2.75, 3.05) is 0 Å². The van der Waals surface area contributed by atoms with Gasteiger partial charge in [-0.05, 0) is 23.3 Å². The predicted octanol–water partition coefficient (Wildman–Crippen LogP) is 2.28. The van der Waals surface area contributed by atoms with Gasteiger partial charge in [-0.3, -0.25) is 0 Å². The number of halogens is 1. The molecule has 0 spiro atoms. The molecule has 0 unspecified atom stereocenters. The second-order valence-corrected chi connectivity index (χ2v) is 6.42. The largest absolute Gasteiger partial charge is 0.326 e. The normalized spacial score (nSPS) is 11.5. The highest BCUT2D eigenvalue weighted by Crippen LogP contribution is 2.22. The minimum absolute atomic E-state index is 0.0623. The number of nitrogens with one attached hydrogen (secondary N) is 1. The molecule has 0 radical (unpaired) electrons. The van der Waals surface area contributed by atoms with Gasteiger partial charge in [0.2, 0.25) is 10.0 Å². The van der Waals surface area contributed by atoms with E-state index < -0.39 is 10.0 Å². The van der Waals surface area contributed by atoms with Crippen LogP contribution in [0.4, 0.5) is 0 Å². The first-order valence-corrected chi connectivity index (χ1v) is 7.91. The minimum atomic E-state index is -3.64. The highest BCUT2D eigenvalue weighted by Gasteiger charge is 2.17. The molecule has 0 saturated carbocycles. The van der Waals surface area contributed by atoms with Gasteiger partial charge in [-0.2, -0.15) is 0 Å². The van der Waals surface area contributed by atoms with Crippen LogP contribution in [0, 0.1) is 0 Å². The second-order valence-electron chi connectivity index (χ2n) is 4.28. The Balaban J connectivity index is 2.18. The SMILES string of the molecule is NCc1ccc(S(=O)(=O)NCc2ccccc2)c(Cl)c1. The van der Waals surface area contributed by atoms with Gasteiger partial charge in [-0.25, -0.2) is 13.1 Å². The maximum absolute atomic E-state index is 12.2. The standard InChI is InChI=1S/C14H15ClN2O2S/c15-13-8-12(9-16)6-7-14(13)20(18,19)17-10-11-4-2-1-3-5-11/h1-8,17H,9-10,16H2. The average molecular weight is 311 g/mol. The molecule has 4 nitrogen and oxygen atoms in total. The highest BCUT2D eigenvalue weighted by atomic mass is 35.5. The first kappa shape index (κ1) is 15.0. The lowest BCUT2D eigenvalue weighted by Crippen LogP contribution is -2.23. The van der Waals surface area contributed by atoms with E-state index in [1.54, 1.807) is 12.1 Å². The summed E-state index contributed by atoms with van der Waals surface area (Å²) in [6.45, 7) is 0.537. The Bertz CT molecular complexity index is 688. The van der Waals surface area contributed by atoms with Gasteiger partial charge in [-0.1, -0.05) is 48.0 Å². The maximum atomic E-state index is 12.2. The van der Waals surface area contributed by atoms with Crippen molar-refractivity contribution in [1.82, 2.24) is 4.72 Å². The molecule has 0 aliphatic rings. The van der Waals surface area contributed by atoms with Crippen LogP contribution in [0.2, 0.25) is 5.02 Å². The Kier molecular flexibility index (Phi) is 4.77. The molecule has 0 aromatic heterocycles. The van der Waals surface area contributed by atoms with E-state index >= 15 is 0 Å². The van der Waals surface area contributed by atoms with Crippen molar-refractivity contribution in [3.63, 3.8) is 0 Å². The summed E-state index contributed by atoms with van der Waals surface area (Å²) in [5, 5.41) is 0.175. The van der Waals surface area contributed by atoms with Crippen molar-refractivity contribution >= 4 is 21.6 Å². The summed E-state index contributed by atoms with van der Waals surface area (Å²) < 4.78 is 26.9.